The number of likely N-dealkylation sites (tertiary alicyclic amines) is 1. The van der Waals surface area contributed by atoms with Crippen molar-refractivity contribution >= 4 is 28.7 Å². The predicted molar refractivity (Wildman–Crippen MR) is 114 cm³/mol. The number of esters is 1. The van der Waals surface area contributed by atoms with Crippen molar-refractivity contribution in [1.29, 1.82) is 0 Å². The molecule has 1 saturated heterocycles. The van der Waals surface area contributed by atoms with Gasteiger partial charge in [0.1, 0.15) is 11.8 Å². The normalized spacial score (nSPS) is 18.5. The zero-order valence-corrected chi connectivity index (χ0v) is 17.6. The lowest BCUT2D eigenvalue weighted by atomic mass is 9.93. The summed E-state index contributed by atoms with van der Waals surface area (Å²) < 4.78 is 10.9. The molecule has 2 heterocycles. The topological polar surface area (TPSA) is 97.8 Å². The number of nitrogens with one attached hydrogen (secondary N) is 1. The molecule has 1 aromatic carbocycles. The lowest BCUT2D eigenvalue weighted by Gasteiger charge is -2.30. The van der Waals surface area contributed by atoms with Gasteiger partial charge in [-0.05, 0) is 51.2 Å². The fraction of sp³-hybridized carbons (Fsp3) is 0.478. The second-order valence-electron chi connectivity index (χ2n) is 7.91. The molecular formula is C23H27N3O5. The largest absolute Gasteiger partial charge is 0.483 e. The Bertz CT molecular complexity index is 988. The molecule has 1 aromatic heterocycles. The summed E-state index contributed by atoms with van der Waals surface area (Å²) in [4.78, 5) is 43.6. The van der Waals surface area contributed by atoms with E-state index in [0.717, 1.165) is 25.7 Å². The van der Waals surface area contributed by atoms with Crippen LogP contribution < -0.4 is 10.1 Å². The van der Waals surface area contributed by atoms with E-state index >= 15 is 0 Å². The molecule has 4 rings (SSSR count). The van der Waals surface area contributed by atoms with Gasteiger partial charge in [0, 0.05) is 24.0 Å². The molecule has 2 fully saturated rings. The number of aromatic nitrogens is 1. The number of pyridine rings is 1. The van der Waals surface area contributed by atoms with Crippen LogP contribution >= 0.6 is 0 Å². The first-order chi connectivity index (χ1) is 15.1. The zero-order chi connectivity index (χ0) is 21.8. The molecule has 0 bridgehead atoms. The van der Waals surface area contributed by atoms with Gasteiger partial charge in [0.25, 0.3) is 5.91 Å². The maximum Gasteiger partial charge on any atom is 0.357 e. The minimum absolute atomic E-state index is 0.0745. The Morgan fingerprint density at radius 2 is 1.97 bits per heavy atom. The fourth-order valence-corrected chi connectivity index (χ4v) is 3.98. The van der Waals surface area contributed by atoms with Gasteiger partial charge in [0.15, 0.2) is 12.3 Å². The molecule has 1 atom stereocenters. The van der Waals surface area contributed by atoms with E-state index in [2.05, 4.69) is 10.3 Å². The second-order valence-corrected chi connectivity index (χ2v) is 7.91. The van der Waals surface area contributed by atoms with Crippen molar-refractivity contribution in [1.82, 2.24) is 15.2 Å². The van der Waals surface area contributed by atoms with Gasteiger partial charge in [-0.1, -0.05) is 12.1 Å². The third-order valence-electron chi connectivity index (χ3n) is 5.84. The van der Waals surface area contributed by atoms with Crippen molar-refractivity contribution in [3.63, 3.8) is 0 Å². The van der Waals surface area contributed by atoms with E-state index in [0.29, 0.717) is 29.6 Å². The Morgan fingerprint density at radius 3 is 2.71 bits per heavy atom. The van der Waals surface area contributed by atoms with E-state index in [1.54, 1.807) is 17.9 Å². The van der Waals surface area contributed by atoms with Crippen molar-refractivity contribution in [3.8, 4) is 5.75 Å². The van der Waals surface area contributed by atoms with Gasteiger partial charge in [-0.15, -0.1) is 0 Å². The SMILES string of the molecule is CCOC(=O)c1cc(OCC(=O)N2CCC[C@H]2C(=O)NC2CCC2)c2ccccc2n1. The number of carbonyl (C=O) groups is 3. The minimum Gasteiger partial charge on any atom is -0.483 e. The van der Waals surface area contributed by atoms with Crippen molar-refractivity contribution in [3.05, 3.63) is 36.0 Å². The average Bonchev–Trinajstić information content (AvgIpc) is 3.24. The number of carbonyl (C=O) groups excluding carboxylic acids is 3. The van der Waals surface area contributed by atoms with E-state index in [1.807, 2.05) is 18.2 Å². The molecule has 8 nitrogen and oxygen atoms in total. The van der Waals surface area contributed by atoms with E-state index in [-0.39, 0.29) is 36.8 Å². The fourth-order valence-electron chi connectivity index (χ4n) is 3.98. The number of hydrogen-bond donors (Lipinski definition) is 1. The van der Waals surface area contributed by atoms with Crippen LogP contribution in [0, 0.1) is 0 Å². The number of para-hydroxylation sites is 1. The van der Waals surface area contributed by atoms with Gasteiger partial charge in [-0.25, -0.2) is 9.78 Å². The van der Waals surface area contributed by atoms with Crippen LogP contribution in [-0.2, 0) is 14.3 Å². The molecule has 2 aromatic rings. The number of benzene rings is 1. The first kappa shape index (κ1) is 21.1. The summed E-state index contributed by atoms with van der Waals surface area (Å²) in [5, 5.41) is 3.74. The highest BCUT2D eigenvalue weighted by Crippen LogP contribution is 2.27. The molecule has 0 radical (unpaired) electrons. The van der Waals surface area contributed by atoms with Gasteiger partial charge >= 0.3 is 5.97 Å². The third kappa shape index (κ3) is 4.62. The molecule has 0 unspecified atom stereocenters. The average molecular weight is 425 g/mol. The summed E-state index contributed by atoms with van der Waals surface area (Å²) in [6, 6.07) is 8.54. The van der Waals surface area contributed by atoms with Crippen LogP contribution in [0.5, 0.6) is 5.75 Å². The summed E-state index contributed by atoms with van der Waals surface area (Å²) >= 11 is 0. The summed E-state index contributed by atoms with van der Waals surface area (Å²) in [6.45, 7) is 2.28. The van der Waals surface area contributed by atoms with Crippen LogP contribution in [0.2, 0.25) is 0 Å². The van der Waals surface area contributed by atoms with E-state index < -0.39 is 12.0 Å². The van der Waals surface area contributed by atoms with Crippen LogP contribution in [-0.4, -0.2) is 59.5 Å². The van der Waals surface area contributed by atoms with E-state index in [1.165, 1.54) is 6.07 Å². The smallest absolute Gasteiger partial charge is 0.357 e. The first-order valence-electron chi connectivity index (χ1n) is 10.9. The molecule has 1 aliphatic carbocycles. The number of rotatable bonds is 7. The molecule has 2 aliphatic rings. The van der Waals surface area contributed by atoms with Crippen molar-refractivity contribution in [2.45, 2.75) is 51.1 Å². The van der Waals surface area contributed by atoms with Crippen LogP contribution in [0.25, 0.3) is 10.9 Å². The maximum absolute atomic E-state index is 12.9. The van der Waals surface area contributed by atoms with Crippen LogP contribution in [0.1, 0.15) is 49.5 Å². The lowest BCUT2D eigenvalue weighted by Crippen LogP contribution is -2.51. The molecule has 0 spiro atoms. The molecule has 2 amide bonds. The van der Waals surface area contributed by atoms with Gasteiger partial charge in [0.2, 0.25) is 5.91 Å². The molecule has 1 aliphatic heterocycles. The Kier molecular flexibility index (Phi) is 6.34. The Balaban J connectivity index is 1.47. The molecular weight excluding hydrogens is 398 g/mol. The van der Waals surface area contributed by atoms with E-state index in [4.69, 9.17) is 9.47 Å². The summed E-state index contributed by atoms with van der Waals surface area (Å²) in [5.74, 6) is -0.479. The number of ether oxygens (including phenoxy) is 2. The molecule has 1 saturated carbocycles. The number of fused-ring (bicyclic) bond motifs is 1. The van der Waals surface area contributed by atoms with Gasteiger partial charge in [-0.2, -0.15) is 0 Å². The van der Waals surface area contributed by atoms with Gasteiger partial charge in [0.05, 0.1) is 12.1 Å². The van der Waals surface area contributed by atoms with Crippen LogP contribution in [0.15, 0.2) is 30.3 Å². The summed E-state index contributed by atoms with van der Waals surface area (Å²) in [5.41, 5.74) is 0.705. The van der Waals surface area contributed by atoms with Crippen molar-refractivity contribution in [2.24, 2.45) is 0 Å². The quantitative estimate of drug-likeness (QED) is 0.685. The summed E-state index contributed by atoms with van der Waals surface area (Å²) in [6.07, 6.45) is 4.61. The number of nitrogens with zero attached hydrogens (tertiary/aromatic N) is 2. The minimum atomic E-state index is -0.545. The second kappa shape index (κ2) is 9.32. The van der Waals surface area contributed by atoms with Crippen molar-refractivity contribution in [2.75, 3.05) is 19.8 Å². The number of hydrogen-bond acceptors (Lipinski definition) is 6. The van der Waals surface area contributed by atoms with E-state index in [9.17, 15) is 14.4 Å². The van der Waals surface area contributed by atoms with Gasteiger partial charge in [-0.3, -0.25) is 9.59 Å². The predicted octanol–water partition coefficient (Wildman–Crippen LogP) is 2.45. The molecule has 164 valence electrons. The highest BCUT2D eigenvalue weighted by molar-refractivity contribution is 5.94. The Hall–Kier alpha value is -3.16. The molecule has 1 N–H and O–H groups in total. The highest BCUT2D eigenvalue weighted by Gasteiger charge is 2.35. The maximum atomic E-state index is 12.9. The highest BCUT2D eigenvalue weighted by atomic mass is 16.5. The monoisotopic (exact) mass is 425 g/mol. The third-order valence-corrected chi connectivity index (χ3v) is 5.84. The number of amides is 2. The first-order valence-corrected chi connectivity index (χ1v) is 10.9. The summed E-state index contributed by atoms with van der Waals surface area (Å²) in [7, 11) is 0. The van der Waals surface area contributed by atoms with Gasteiger partial charge < -0.3 is 19.7 Å². The molecule has 8 heteroatoms. The zero-order valence-electron chi connectivity index (χ0n) is 17.6. The Morgan fingerprint density at radius 1 is 1.16 bits per heavy atom. The molecule has 31 heavy (non-hydrogen) atoms. The van der Waals surface area contributed by atoms with Crippen LogP contribution in [0.4, 0.5) is 0 Å². The lowest BCUT2D eigenvalue weighted by molar-refractivity contribution is -0.140. The standard InChI is InChI=1S/C23H27N3O5/c1-2-30-23(29)18-13-20(16-9-3-4-10-17(16)25-18)31-14-21(27)26-12-6-11-19(26)22(28)24-15-7-5-8-15/h3-4,9-10,13,15,19H,2,5-8,11-12,14H2,1H3,(H,24,28)/t19-/m0/s1. The Labute approximate surface area is 180 Å². The van der Waals surface area contributed by atoms with Crippen LogP contribution in [0.3, 0.4) is 0 Å². The van der Waals surface area contributed by atoms with Crippen molar-refractivity contribution < 1.29 is 23.9 Å².